The van der Waals surface area contributed by atoms with E-state index in [1.54, 1.807) is 10.7 Å². The molecule has 3 rings (SSSR count). The van der Waals surface area contributed by atoms with E-state index in [1.807, 2.05) is 36.4 Å². The van der Waals surface area contributed by atoms with Gasteiger partial charge in [-0.2, -0.15) is 5.26 Å². The maximum absolute atomic E-state index is 8.89. The first-order chi connectivity index (χ1) is 9.78. The van der Waals surface area contributed by atoms with Crippen molar-refractivity contribution < 1.29 is 0 Å². The third-order valence-electron chi connectivity index (χ3n) is 2.80. The molecule has 96 valence electrons. The Labute approximate surface area is 119 Å². The lowest BCUT2D eigenvalue weighted by Crippen LogP contribution is -1.95. The lowest BCUT2D eigenvalue weighted by atomic mass is 10.1. The normalized spacial score (nSPS) is 10.2. The SMILES string of the molecule is N#Cc1ccc(-c2cccc(-n3cnnn3)c2)[nH]c1=S. The van der Waals surface area contributed by atoms with Crippen molar-refractivity contribution >= 4 is 12.2 Å². The van der Waals surface area contributed by atoms with Crippen molar-refractivity contribution in [3.05, 3.63) is 52.9 Å². The number of pyridine rings is 1. The molecule has 1 N–H and O–H groups in total. The van der Waals surface area contributed by atoms with Crippen molar-refractivity contribution in [1.82, 2.24) is 25.2 Å². The second kappa shape index (κ2) is 5.03. The number of hydrogen-bond acceptors (Lipinski definition) is 5. The molecule has 0 spiro atoms. The summed E-state index contributed by atoms with van der Waals surface area (Å²) in [5.41, 5.74) is 3.08. The number of hydrogen-bond donors (Lipinski definition) is 1. The summed E-state index contributed by atoms with van der Waals surface area (Å²) in [6.07, 6.45) is 1.53. The quantitative estimate of drug-likeness (QED) is 0.728. The Morgan fingerprint density at radius 2 is 2.15 bits per heavy atom. The highest BCUT2D eigenvalue weighted by Crippen LogP contribution is 2.20. The van der Waals surface area contributed by atoms with Crippen LogP contribution in [0.4, 0.5) is 0 Å². The Hall–Kier alpha value is -2.85. The van der Waals surface area contributed by atoms with Gasteiger partial charge in [-0.15, -0.1) is 5.10 Å². The molecule has 0 saturated carbocycles. The largest absolute Gasteiger partial charge is 0.345 e. The predicted molar refractivity (Wildman–Crippen MR) is 74.5 cm³/mol. The van der Waals surface area contributed by atoms with Crippen molar-refractivity contribution in [2.45, 2.75) is 0 Å². The molecule has 0 radical (unpaired) electrons. The standard InChI is InChI=1S/C13H8N6S/c14-7-10-4-5-12(16-13(10)20)9-2-1-3-11(6-9)19-8-15-17-18-19/h1-6,8H,(H,16,20). The van der Waals surface area contributed by atoms with Crippen molar-refractivity contribution in [3.8, 4) is 23.0 Å². The number of rotatable bonds is 2. The van der Waals surface area contributed by atoms with Crippen LogP contribution in [0.5, 0.6) is 0 Å². The third-order valence-corrected chi connectivity index (χ3v) is 3.12. The van der Waals surface area contributed by atoms with E-state index in [0.717, 1.165) is 16.9 Å². The Morgan fingerprint density at radius 1 is 1.25 bits per heavy atom. The summed E-state index contributed by atoms with van der Waals surface area (Å²) < 4.78 is 2.00. The number of aromatic amines is 1. The number of tetrazole rings is 1. The summed E-state index contributed by atoms with van der Waals surface area (Å²) in [4.78, 5) is 3.05. The smallest absolute Gasteiger partial charge is 0.143 e. The summed E-state index contributed by atoms with van der Waals surface area (Å²) in [5.74, 6) is 0. The van der Waals surface area contributed by atoms with E-state index < -0.39 is 0 Å². The summed E-state index contributed by atoms with van der Waals surface area (Å²) in [7, 11) is 0. The molecule has 0 aliphatic carbocycles. The van der Waals surface area contributed by atoms with Gasteiger partial charge in [-0.3, -0.25) is 0 Å². The van der Waals surface area contributed by atoms with Gasteiger partial charge in [-0.25, -0.2) is 4.68 Å². The van der Waals surface area contributed by atoms with Crippen LogP contribution in [0, 0.1) is 16.0 Å². The van der Waals surface area contributed by atoms with Crippen molar-refractivity contribution in [2.24, 2.45) is 0 Å². The second-order valence-electron chi connectivity index (χ2n) is 4.03. The Morgan fingerprint density at radius 3 is 2.85 bits per heavy atom. The van der Waals surface area contributed by atoms with Gasteiger partial charge in [-0.05, 0) is 34.7 Å². The average Bonchev–Trinajstić information content (AvgIpc) is 3.01. The molecule has 0 unspecified atom stereocenters. The van der Waals surface area contributed by atoms with Crippen molar-refractivity contribution in [3.63, 3.8) is 0 Å². The van der Waals surface area contributed by atoms with E-state index >= 15 is 0 Å². The van der Waals surface area contributed by atoms with Crippen LogP contribution in [0.2, 0.25) is 0 Å². The molecular weight excluding hydrogens is 272 g/mol. The minimum absolute atomic E-state index is 0.429. The van der Waals surface area contributed by atoms with Crippen LogP contribution in [0.25, 0.3) is 16.9 Å². The van der Waals surface area contributed by atoms with Gasteiger partial charge < -0.3 is 4.98 Å². The number of benzene rings is 1. The number of nitriles is 1. The van der Waals surface area contributed by atoms with Gasteiger partial charge >= 0.3 is 0 Å². The fourth-order valence-corrected chi connectivity index (χ4v) is 2.05. The molecule has 0 fully saturated rings. The minimum Gasteiger partial charge on any atom is -0.345 e. The van der Waals surface area contributed by atoms with E-state index in [1.165, 1.54) is 6.33 Å². The topological polar surface area (TPSA) is 83.2 Å². The van der Waals surface area contributed by atoms with Gasteiger partial charge in [0.15, 0.2) is 0 Å². The highest BCUT2D eigenvalue weighted by atomic mass is 32.1. The van der Waals surface area contributed by atoms with Crippen LogP contribution >= 0.6 is 12.2 Å². The van der Waals surface area contributed by atoms with Gasteiger partial charge in [0, 0.05) is 11.3 Å². The first-order valence-electron chi connectivity index (χ1n) is 5.75. The van der Waals surface area contributed by atoms with Crippen molar-refractivity contribution in [2.75, 3.05) is 0 Å². The molecule has 1 aromatic carbocycles. The van der Waals surface area contributed by atoms with E-state index in [-0.39, 0.29) is 0 Å². The number of nitrogens with zero attached hydrogens (tertiary/aromatic N) is 5. The van der Waals surface area contributed by atoms with Crippen molar-refractivity contribution in [1.29, 1.82) is 5.26 Å². The van der Waals surface area contributed by atoms with Gasteiger partial charge in [0.2, 0.25) is 0 Å². The predicted octanol–water partition coefficient (Wildman–Crippen LogP) is 2.26. The second-order valence-corrected chi connectivity index (χ2v) is 4.44. The molecular formula is C13H8N6S. The zero-order valence-electron chi connectivity index (χ0n) is 10.2. The molecule has 3 aromatic rings. The fraction of sp³-hybridized carbons (Fsp3) is 0. The van der Waals surface area contributed by atoms with E-state index in [0.29, 0.717) is 10.2 Å². The average molecular weight is 280 g/mol. The zero-order valence-corrected chi connectivity index (χ0v) is 11.0. The molecule has 6 nitrogen and oxygen atoms in total. The van der Waals surface area contributed by atoms with E-state index in [2.05, 4.69) is 20.5 Å². The third kappa shape index (κ3) is 2.20. The number of aromatic nitrogens is 5. The highest BCUT2D eigenvalue weighted by molar-refractivity contribution is 7.71. The monoisotopic (exact) mass is 280 g/mol. The summed E-state index contributed by atoms with van der Waals surface area (Å²) in [6.45, 7) is 0. The van der Waals surface area contributed by atoms with Gasteiger partial charge in [0.05, 0.1) is 11.3 Å². The summed E-state index contributed by atoms with van der Waals surface area (Å²) in [6, 6.07) is 13.3. The first-order valence-corrected chi connectivity index (χ1v) is 6.16. The van der Waals surface area contributed by atoms with Crippen LogP contribution in [0.3, 0.4) is 0 Å². The lowest BCUT2D eigenvalue weighted by molar-refractivity contribution is 0.789. The van der Waals surface area contributed by atoms with Gasteiger partial charge in [0.25, 0.3) is 0 Å². The fourth-order valence-electron chi connectivity index (χ4n) is 1.83. The molecule has 7 heteroatoms. The molecule has 0 saturated heterocycles. The van der Waals surface area contributed by atoms with Crippen LogP contribution < -0.4 is 0 Å². The van der Waals surface area contributed by atoms with Crippen LogP contribution in [-0.2, 0) is 0 Å². The maximum atomic E-state index is 8.89. The first kappa shape index (κ1) is 12.2. The Balaban J connectivity index is 2.07. The van der Waals surface area contributed by atoms with Crippen LogP contribution in [0.1, 0.15) is 5.56 Å². The lowest BCUT2D eigenvalue weighted by Gasteiger charge is -2.05. The van der Waals surface area contributed by atoms with E-state index in [9.17, 15) is 0 Å². The maximum Gasteiger partial charge on any atom is 0.143 e. The van der Waals surface area contributed by atoms with E-state index in [4.69, 9.17) is 17.5 Å². The Bertz CT molecular complexity index is 844. The summed E-state index contributed by atoms with van der Waals surface area (Å²) >= 11 is 5.14. The summed E-state index contributed by atoms with van der Waals surface area (Å²) in [5, 5.41) is 20.0. The number of nitrogens with one attached hydrogen (secondary N) is 1. The molecule has 2 aromatic heterocycles. The number of H-pyrrole nitrogens is 1. The van der Waals surface area contributed by atoms with Gasteiger partial charge in [-0.1, -0.05) is 24.4 Å². The van der Waals surface area contributed by atoms with Gasteiger partial charge in [0.1, 0.15) is 17.0 Å². The minimum atomic E-state index is 0.429. The zero-order chi connectivity index (χ0) is 13.9. The Kier molecular flexibility index (Phi) is 3.07. The molecule has 0 amide bonds. The molecule has 20 heavy (non-hydrogen) atoms. The highest BCUT2D eigenvalue weighted by Gasteiger charge is 2.03. The molecule has 0 aliphatic heterocycles. The molecule has 0 bridgehead atoms. The molecule has 0 atom stereocenters. The molecule has 0 aliphatic rings. The molecule has 2 heterocycles. The van der Waals surface area contributed by atoms with Crippen LogP contribution in [0.15, 0.2) is 42.7 Å². The van der Waals surface area contributed by atoms with Crippen LogP contribution in [-0.4, -0.2) is 25.2 Å².